The van der Waals surface area contributed by atoms with Gasteiger partial charge >= 0.3 is 5.97 Å². The van der Waals surface area contributed by atoms with E-state index in [-0.39, 0.29) is 12.3 Å². The molecular formula is C11H11ClN2O3. The lowest BCUT2D eigenvalue weighted by molar-refractivity contribution is -0.143. The van der Waals surface area contributed by atoms with E-state index >= 15 is 0 Å². The Bertz CT molecular complexity index is 565. The Morgan fingerprint density at radius 1 is 1.59 bits per heavy atom. The monoisotopic (exact) mass is 254 g/mol. The summed E-state index contributed by atoms with van der Waals surface area (Å²) in [7, 11) is 0. The third-order valence-electron chi connectivity index (χ3n) is 2.27. The second kappa shape index (κ2) is 4.63. The van der Waals surface area contributed by atoms with Crippen LogP contribution < -0.4 is 0 Å². The standard InChI is InChI=1S/C11H11ClN2O3/c1-2-17-10(16)6-14-9-5-7(15)3-4-8(9)11(12)13-14/h3-5,15H,2,6H2,1H3. The highest BCUT2D eigenvalue weighted by Crippen LogP contribution is 2.26. The molecule has 0 saturated carbocycles. The molecule has 0 aliphatic heterocycles. The molecule has 0 spiro atoms. The lowest BCUT2D eigenvalue weighted by Crippen LogP contribution is -2.14. The van der Waals surface area contributed by atoms with Crippen molar-refractivity contribution in [2.24, 2.45) is 0 Å². The third-order valence-corrected chi connectivity index (χ3v) is 2.55. The van der Waals surface area contributed by atoms with E-state index < -0.39 is 5.97 Å². The van der Waals surface area contributed by atoms with Crippen molar-refractivity contribution >= 4 is 28.5 Å². The number of hydrogen-bond donors (Lipinski definition) is 1. The summed E-state index contributed by atoms with van der Waals surface area (Å²) < 4.78 is 6.24. The van der Waals surface area contributed by atoms with Gasteiger partial charge in [-0.05, 0) is 19.1 Å². The summed E-state index contributed by atoms with van der Waals surface area (Å²) in [4.78, 5) is 11.4. The normalized spacial score (nSPS) is 10.7. The highest BCUT2D eigenvalue weighted by molar-refractivity contribution is 6.34. The molecule has 0 amide bonds. The molecule has 0 aliphatic carbocycles. The van der Waals surface area contributed by atoms with Gasteiger partial charge in [-0.3, -0.25) is 9.48 Å². The molecular weight excluding hydrogens is 244 g/mol. The lowest BCUT2D eigenvalue weighted by Gasteiger charge is -2.03. The van der Waals surface area contributed by atoms with Gasteiger partial charge in [0.1, 0.15) is 12.3 Å². The second-order valence-electron chi connectivity index (χ2n) is 3.45. The summed E-state index contributed by atoms with van der Waals surface area (Å²) in [5.74, 6) is -0.295. The van der Waals surface area contributed by atoms with Crippen LogP contribution in [0.5, 0.6) is 5.75 Å². The van der Waals surface area contributed by atoms with Gasteiger partial charge in [0.15, 0.2) is 5.15 Å². The van der Waals surface area contributed by atoms with E-state index in [4.69, 9.17) is 16.3 Å². The summed E-state index contributed by atoms with van der Waals surface area (Å²) in [6.07, 6.45) is 0. The number of phenolic OH excluding ortho intramolecular Hbond substituents is 1. The van der Waals surface area contributed by atoms with Gasteiger partial charge in [-0.2, -0.15) is 5.10 Å². The number of halogens is 1. The quantitative estimate of drug-likeness (QED) is 0.851. The number of phenols is 1. The summed E-state index contributed by atoms with van der Waals surface area (Å²) in [6, 6.07) is 4.68. The van der Waals surface area contributed by atoms with Crippen LogP contribution in [0.1, 0.15) is 6.92 Å². The molecule has 90 valence electrons. The summed E-state index contributed by atoms with van der Waals surface area (Å²) >= 11 is 5.92. The molecule has 1 aromatic carbocycles. The van der Waals surface area contributed by atoms with E-state index in [1.807, 2.05) is 0 Å². The number of aromatic hydroxyl groups is 1. The van der Waals surface area contributed by atoms with Crippen LogP contribution in [0, 0.1) is 0 Å². The molecule has 1 heterocycles. The molecule has 1 N–H and O–H groups in total. The number of carbonyl (C=O) groups is 1. The molecule has 0 atom stereocenters. The molecule has 2 aromatic rings. The van der Waals surface area contributed by atoms with Crippen LogP contribution in [-0.2, 0) is 16.1 Å². The highest BCUT2D eigenvalue weighted by atomic mass is 35.5. The maximum atomic E-state index is 11.4. The van der Waals surface area contributed by atoms with Crippen molar-refractivity contribution in [1.29, 1.82) is 0 Å². The van der Waals surface area contributed by atoms with Gasteiger partial charge in [-0.25, -0.2) is 0 Å². The Morgan fingerprint density at radius 2 is 2.35 bits per heavy atom. The fraction of sp³-hybridized carbons (Fsp3) is 0.273. The fourth-order valence-corrected chi connectivity index (χ4v) is 1.82. The maximum Gasteiger partial charge on any atom is 0.327 e. The van der Waals surface area contributed by atoms with Crippen LogP contribution in [0.3, 0.4) is 0 Å². The number of nitrogens with zero attached hydrogens (tertiary/aromatic N) is 2. The van der Waals surface area contributed by atoms with Gasteiger partial charge < -0.3 is 9.84 Å². The largest absolute Gasteiger partial charge is 0.508 e. The Hall–Kier alpha value is -1.75. The van der Waals surface area contributed by atoms with Crippen LogP contribution in [0.4, 0.5) is 0 Å². The SMILES string of the molecule is CCOC(=O)Cn1nc(Cl)c2ccc(O)cc21. The Morgan fingerprint density at radius 3 is 3.06 bits per heavy atom. The van der Waals surface area contributed by atoms with Crippen molar-refractivity contribution in [3.05, 3.63) is 23.4 Å². The van der Waals surface area contributed by atoms with Crippen LogP contribution in [0.25, 0.3) is 10.9 Å². The van der Waals surface area contributed by atoms with Gasteiger partial charge in [-0.15, -0.1) is 0 Å². The number of hydrogen-bond acceptors (Lipinski definition) is 4. The first-order valence-electron chi connectivity index (χ1n) is 5.12. The van der Waals surface area contributed by atoms with E-state index in [1.165, 1.54) is 16.8 Å². The van der Waals surface area contributed by atoms with Crippen molar-refractivity contribution in [2.75, 3.05) is 6.61 Å². The van der Waals surface area contributed by atoms with E-state index in [2.05, 4.69) is 5.10 Å². The number of carbonyl (C=O) groups excluding carboxylic acids is 1. The Kier molecular flexibility index (Phi) is 3.19. The van der Waals surface area contributed by atoms with Crippen molar-refractivity contribution in [3.8, 4) is 5.75 Å². The van der Waals surface area contributed by atoms with Gasteiger partial charge in [0.05, 0.1) is 12.1 Å². The molecule has 1 aromatic heterocycles. The first-order valence-corrected chi connectivity index (χ1v) is 5.50. The van der Waals surface area contributed by atoms with Gasteiger partial charge in [0, 0.05) is 11.5 Å². The number of aromatic nitrogens is 2. The summed E-state index contributed by atoms with van der Waals surface area (Å²) in [5, 5.41) is 14.4. The van der Waals surface area contributed by atoms with Crippen LogP contribution in [0.2, 0.25) is 5.15 Å². The minimum absolute atomic E-state index is 0.0273. The molecule has 0 bridgehead atoms. The fourth-order valence-electron chi connectivity index (χ4n) is 1.57. The van der Waals surface area contributed by atoms with E-state index in [0.29, 0.717) is 22.7 Å². The molecule has 5 nitrogen and oxygen atoms in total. The highest BCUT2D eigenvalue weighted by Gasteiger charge is 2.12. The zero-order valence-corrected chi connectivity index (χ0v) is 9.94. The number of rotatable bonds is 3. The molecule has 17 heavy (non-hydrogen) atoms. The number of benzene rings is 1. The number of fused-ring (bicyclic) bond motifs is 1. The van der Waals surface area contributed by atoms with Gasteiger partial charge in [-0.1, -0.05) is 11.6 Å². The molecule has 0 radical (unpaired) electrons. The molecule has 0 fully saturated rings. The van der Waals surface area contributed by atoms with Gasteiger partial charge in [0.25, 0.3) is 0 Å². The number of ether oxygens (including phenoxy) is 1. The topological polar surface area (TPSA) is 64.4 Å². The van der Waals surface area contributed by atoms with E-state index in [9.17, 15) is 9.90 Å². The predicted octanol–water partition coefficient (Wildman–Crippen LogP) is 1.96. The average molecular weight is 255 g/mol. The zero-order valence-electron chi connectivity index (χ0n) is 9.18. The van der Waals surface area contributed by atoms with Crippen molar-refractivity contribution in [2.45, 2.75) is 13.5 Å². The molecule has 0 saturated heterocycles. The van der Waals surface area contributed by atoms with Crippen LogP contribution in [-0.4, -0.2) is 27.5 Å². The predicted molar refractivity (Wildman–Crippen MR) is 63.0 cm³/mol. The van der Waals surface area contributed by atoms with Crippen LogP contribution >= 0.6 is 11.6 Å². The Labute approximate surface area is 103 Å². The van der Waals surface area contributed by atoms with E-state index in [0.717, 1.165) is 0 Å². The molecule has 6 heteroatoms. The average Bonchev–Trinajstić information content (AvgIpc) is 2.55. The minimum Gasteiger partial charge on any atom is -0.508 e. The van der Waals surface area contributed by atoms with Crippen molar-refractivity contribution in [3.63, 3.8) is 0 Å². The molecule has 0 aliphatic rings. The maximum absolute atomic E-state index is 11.4. The number of esters is 1. The first-order chi connectivity index (χ1) is 8.11. The molecule has 0 unspecified atom stereocenters. The summed E-state index contributed by atoms with van der Waals surface area (Å²) in [6.45, 7) is 2.02. The van der Waals surface area contributed by atoms with Crippen molar-refractivity contribution < 1.29 is 14.6 Å². The minimum atomic E-state index is -0.392. The molecule has 2 rings (SSSR count). The first kappa shape index (κ1) is 11.7. The van der Waals surface area contributed by atoms with E-state index in [1.54, 1.807) is 13.0 Å². The summed E-state index contributed by atoms with van der Waals surface area (Å²) in [5.41, 5.74) is 0.600. The third kappa shape index (κ3) is 2.34. The second-order valence-corrected chi connectivity index (χ2v) is 3.81. The smallest absolute Gasteiger partial charge is 0.327 e. The zero-order chi connectivity index (χ0) is 12.4. The lowest BCUT2D eigenvalue weighted by atomic mass is 10.2. The van der Waals surface area contributed by atoms with Gasteiger partial charge in [0.2, 0.25) is 0 Å². The van der Waals surface area contributed by atoms with Crippen LogP contribution in [0.15, 0.2) is 18.2 Å². The Balaban J connectivity index is 2.40. The van der Waals surface area contributed by atoms with Crippen molar-refractivity contribution in [1.82, 2.24) is 9.78 Å².